The van der Waals surface area contributed by atoms with Crippen molar-refractivity contribution < 1.29 is 19.2 Å². The van der Waals surface area contributed by atoms with Gasteiger partial charge in [-0.2, -0.15) is 0 Å². The number of imide groups is 2. The van der Waals surface area contributed by atoms with E-state index in [1.54, 1.807) is 0 Å². The van der Waals surface area contributed by atoms with Crippen molar-refractivity contribution in [1.29, 1.82) is 0 Å². The lowest BCUT2D eigenvalue weighted by Crippen LogP contribution is -2.52. The predicted molar refractivity (Wildman–Crippen MR) is 126 cm³/mol. The zero-order chi connectivity index (χ0) is 23.8. The van der Waals surface area contributed by atoms with Crippen LogP contribution in [0.25, 0.3) is 0 Å². The van der Waals surface area contributed by atoms with Crippen LogP contribution in [0.1, 0.15) is 105 Å². The molecule has 0 spiro atoms. The predicted octanol–water partition coefficient (Wildman–Crippen LogP) is 5.07. The first-order valence-electron chi connectivity index (χ1n) is 12.4. The van der Waals surface area contributed by atoms with E-state index in [1.165, 1.54) is 34.1 Å². The van der Waals surface area contributed by atoms with Crippen LogP contribution in [-0.4, -0.2) is 44.5 Å². The lowest BCUT2D eigenvalue weighted by molar-refractivity contribution is -0.147. The van der Waals surface area contributed by atoms with Gasteiger partial charge in [-0.05, 0) is 38.5 Å². The van der Waals surface area contributed by atoms with Gasteiger partial charge in [0.1, 0.15) is 0 Å². The van der Waals surface area contributed by atoms with Crippen molar-refractivity contribution in [2.45, 2.75) is 116 Å². The van der Waals surface area contributed by atoms with Crippen LogP contribution in [0.2, 0.25) is 0 Å². The van der Waals surface area contributed by atoms with Gasteiger partial charge >= 0.3 is 0 Å². The number of hydrogen-bond acceptors (Lipinski definition) is 4. The molecule has 32 heavy (non-hydrogen) atoms. The Bertz CT molecular complexity index is 656. The van der Waals surface area contributed by atoms with Crippen LogP contribution >= 0.6 is 0 Å². The quantitative estimate of drug-likeness (QED) is 0.261. The number of amides is 4. The standard InChI is InChI=1S/C26H40N2O4/c1-5-15-25(16-6-2,27-21(29)11-12-22(27)30)19-9-10-20-26(17-7-3,18-8-4)28-23(31)13-14-24(28)32/h11-14H,5-10,15-20H2,1-4H3. The Hall–Kier alpha value is -2.24. The van der Waals surface area contributed by atoms with E-state index in [4.69, 9.17) is 0 Å². The molecule has 2 heterocycles. The maximum atomic E-state index is 12.5. The summed E-state index contributed by atoms with van der Waals surface area (Å²) >= 11 is 0. The first kappa shape index (κ1) is 26.0. The Balaban J connectivity index is 2.17. The van der Waals surface area contributed by atoms with E-state index >= 15 is 0 Å². The second-order valence-electron chi connectivity index (χ2n) is 9.35. The first-order valence-corrected chi connectivity index (χ1v) is 12.4. The van der Waals surface area contributed by atoms with Crippen LogP contribution in [0.4, 0.5) is 0 Å². The molecular formula is C26H40N2O4. The molecule has 0 saturated heterocycles. The molecule has 0 aromatic heterocycles. The molecule has 6 nitrogen and oxygen atoms in total. The van der Waals surface area contributed by atoms with Crippen molar-refractivity contribution in [3.05, 3.63) is 24.3 Å². The lowest BCUT2D eigenvalue weighted by atomic mass is 9.78. The van der Waals surface area contributed by atoms with E-state index in [0.717, 1.165) is 77.0 Å². The molecule has 2 aliphatic rings. The Kier molecular flexibility index (Phi) is 9.41. The van der Waals surface area contributed by atoms with E-state index in [0.29, 0.717) is 0 Å². The summed E-state index contributed by atoms with van der Waals surface area (Å²) in [6.07, 6.45) is 15.5. The van der Waals surface area contributed by atoms with Gasteiger partial charge in [-0.3, -0.25) is 29.0 Å². The van der Waals surface area contributed by atoms with Crippen LogP contribution in [-0.2, 0) is 19.2 Å². The number of nitrogens with zero attached hydrogens (tertiary/aromatic N) is 2. The van der Waals surface area contributed by atoms with Crippen LogP contribution in [0.5, 0.6) is 0 Å². The molecule has 2 aliphatic heterocycles. The van der Waals surface area contributed by atoms with Crippen molar-refractivity contribution in [2.75, 3.05) is 0 Å². The number of carbonyl (C=O) groups excluding carboxylic acids is 4. The summed E-state index contributed by atoms with van der Waals surface area (Å²) < 4.78 is 0. The van der Waals surface area contributed by atoms with Crippen LogP contribution in [0.15, 0.2) is 24.3 Å². The van der Waals surface area contributed by atoms with Gasteiger partial charge in [0.05, 0.1) is 11.1 Å². The smallest absolute Gasteiger partial charge is 0.254 e. The molecule has 0 aromatic rings. The van der Waals surface area contributed by atoms with Gasteiger partial charge in [0, 0.05) is 24.3 Å². The zero-order valence-corrected chi connectivity index (χ0v) is 20.3. The number of hydrogen-bond donors (Lipinski definition) is 0. The van der Waals surface area contributed by atoms with E-state index in [9.17, 15) is 19.2 Å². The number of carbonyl (C=O) groups is 4. The fourth-order valence-corrected chi connectivity index (χ4v) is 5.93. The minimum Gasteiger partial charge on any atom is -0.269 e. The summed E-state index contributed by atoms with van der Waals surface area (Å²) in [5.41, 5.74) is -0.916. The zero-order valence-electron chi connectivity index (χ0n) is 20.3. The Labute approximate surface area is 193 Å². The second kappa shape index (κ2) is 11.6. The average molecular weight is 445 g/mol. The second-order valence-corrected chi connectivity index (χ2v) is 9.35. The van der Waals surface area contributed by atoms with Crippen LogP contribution in [0, 0.1) is 0 Å². The minimum absolute atomic E-state index is 0.206. The third-order valence-electron chi connectivity index (χ3n) is 6.96. The molecule has 0 saturated carbocycles. The van der Waals surface area contributed by atoms with E-state index in [1.807, 2.05) is 0 Å². The highest BCUT2D eigenvalue weighted by Gasteiger charge is 2.44. The normalized spacial score (nSPS) is 16.9. The summed E-state index contributed by atoms with van der Waals surface area (Å²) in [7, 11) is 0. The highest BCUT2D eigenvalue weighted by Crippen LogP contribution is 2.38. The highest BCUT2D eigenvalue weighted by atomic mass is 16.2. The summed E-state index contributed by atoms with van der Waals surface area (Å²) in [4.78, 5) is 53.1. The van der Waals surface area contributed by atoms with E-state index in [2.05, 4.69) is 27.7 Å². The molecule has 0 N–H and O–H groups in total. The van der Waals surface area contributed by atoms with Gasteiger partial charge in [0.2, 0.25) is 0 Å². The molecular weight excluding hydrogens is 404 g/mol. The fourth-order valence-electron chi connectivity index (χ4n) is 5.93. The van der Waals surface area contributed by atoms with Gasteiger partial charge in [-0.1, -0.05) is 66.2 Å². The molecule has 178 valence electrons. The van der Waals surface area contributed by atoms with Crippen molar-refractivity contribution in [3.63, 3.8) is 0 Å². The Morgan fingerprint density at radius 1 is 0.500 bits per heavy atom. The van der Waals surface area contributed by atoms with Crippen molar-refractivity contribution in [2.24, 2.45) is 0 Å². The maximum Gasteiger partial charge on any atom is 0.254 e. The van der Waals surface area contributed by atoms with Gasteiger partial charge in [-0.15, -0.1) is 0 Å². The number of rotatable bonds is 15. The molecule has 0 aromatic carbocycles. The van der Waals surface area contributed by atoms with E-state index < -0.39 is 11.1 Å². The minimum atomic E-state index is -0.458. The molecule has 0 radical (unpaired) electrons. The Morgan fingerprint density at radius 2 is 0.750 bits per heavy atom. The molecule has 2 rings (SSSR count). The number of unbranched alkanes of at least 4 members (excludes halogenated alkanes) is 1. The SMILES string of the molecule is CCCC(CCC)(CCCCC(CCC)(CCC)N1C(=O)C=CC1=O)N1C(=O)C=CC1=O. The van der Waals surface area contributed by atoms with Gasteiger partial charge < -0.3 is 0 Å². The molecule has 6 heteroatoms. The third kappa shape index (κ3) is 5.38. The monoisotopic (exact) mass is 444 g/mol. The molecule has 0 bridgehead atoms. The summed E-state index contributed by atoms with van der Waals surface area (Å²) in [6, 6.07) is 0. The van der Waals surface area contributed by atoms with Crippen molar-refractivity contribution in [3.8, 4) is 0 Å². The largest absolute Gasteiger partial charge is 0.269 e. The molecule has 0 unspecified atom stereocenters. The third-order valence-corrected chi connectivity index (χ3v) is 6.96. The van der Waals surface area contributed by atoms with Crippen LogP contribution < -0.4 is 0 Å². The van der Waals surface area contributed by atoms with Gasteiger partial charge in [0.25, 0.3) is 23.6 Å². The molecule has 0 aliphatic carbocycles. The molecule has 0 atom stereocenters. The lowest BCUT2D eigenvalue weighted by Gasteiger charge is -2.43. The molecule has 4 amide bonds. The Morgan fingerprint density at radius 3 is 0.969 bits per heavy atom. The average Bonchev–Trinajstić information content (AvgIpc) is 3.26. The fraction of sp³-hybridized carbons (Fsp3) is 0.692. The summed E-state index contributed by atoms with van der Waals surface area (Å²) in [5.74, 6) is -0.824. The topological polar surface area (TPSA) is 74.8 Å². The van der Waals surface area contributed by atoms with Gasteiger partial charge in [-0.25, -0.2) is 0 Å². The molecule has 0 fully saturated rings. The maximum absolute atomic E-state index is 12.5. The highest BCUT2D eigenvalue weighted by molar-refractivity contribution is 6.14. The first-order chi connectivity index (χ1) is 15.3. The van der Waals surface area contributed by atoms with Crippen molar-refractivity contribution >= 4 is 23.6 Å². The van der Waals surface area contributed by atoms with Crippen LogP contribution in [0.3, 0.4) is 0 Å². The van der Waals surface area contributed by atoms with Crippen molar-refractivity contribution in [1.82, 2.24) is 9.80 Å². The van der Waals surface area contributed by atoms with Gasteiger partial charge in [0.15, 0.2) is 0 Å². The van der Waals surface area contributed by atoms with E-state index in [-0.39, 0.29) is 23.6 Å². The summed E-state index contributed by atoms with van der Waals surface area (Å²) in [5, 5.41) is 0. The summed E-state index contributed by atoms with van der Waals surface area (Å²) in [6.45, 7) is 8.37.